The van der Waals surface area contributed by atoms with Crippen LogP contribution in [0.5, 0.6) is 5.75 Å². The van der Waals surface area contributed by atoms with Crippen LogP contribution < -0.4 is 15.4 Å². The molecule has 0 spiro atoms. The normalized spacial score (nSPS) is 12.0. The molecule has 12 heteroatoms. The highest BCUT2D eigenvalue weighted by atomic mass is 32.2. The average molecular weight is 475 g/mol. The van der Waals surface area contributed by atoms with Crippen molar-refractivity contribution < 1.29 is 26.3 Å². The van der Waals surface area contributed by atoms with Gasteiger partial charge in [0.25, 0.3) is 0 Å². The van der Waals surface area contributed by atoms with E-state index in [4.69, 9.17) is 5.26 Å². The van der Waals surface area contributed by atoms with Crippen LogP contribution in [0.2, 0.25) is 0 Å². The van der Waals surface area contributed by atoms with Crippen LogP contribution in [0.4, 0.5) is 18.9 Å². The first-order chi connectivity index (χ1) is 15.7. The maximum Gasteiger partial charge on any atom is 0.573 e. The van der Waals surface area contributed by atoms with Gasteiger partial charge in [0.1, 0.15) is 10.6 Å². The molecule has 8 nitrogen and oxygen atoms in total. The van der Waals surface area contributed by atoms with E-state index in [1.54, 1.807) is 30.7 Å². The van der Waals surface area contributed by atoms with Crippen LogP contribution in [0.1, 0.15) is 5.56 Å². The molecule has 0 saturated carbocycles. The summed E-state index contributed by atoms with van der Waals surface area (Å²) in [5.74, 6) is -0.645. The zero-order valence-electron chi connectivity index (χ0n) is 16.7. The molecule has 0 unspecified atom stereocenters. The summed E-state index contributed by atoms with van der Waals surface area (Å²) in [5, 5.41) is 14.7. The van der Waals surface area contributed by atoms with E-state index in [0.717, 1.165) is 12.1 Å². The van der Waals surface area contributed by atoms with Crippen LogP contribution in [0.25, 0.3) is 0 Å². The number of nitrogens with zero attached hydrogens (tertiary/aromatic N) is 3. The zero-order chi connectivity index (χ0) is 23.9. The first kappa shape index (κ1) is 23.6. The van der Waals surface area contributed by atoms with Gasteiger partial charge < -0.3 is 15.4 Å². The first-order valence-corrected chi connectivity index (χ1v) is 10.7. The number of para-hydroxylation sites is 1. The van der Waals surface area contributed by atoms with E-state index in [2.05, 4.69) is 25.3 Å². The van der Waals surface area contributed by atoms with Gasteiger partial charge in [0.2, 0.25) is 22.0 Å². The number of nitrogens with one attached hydrogen (secondary N) is 2. The van der Waals surface area contributed by atoms with E-state index in [9.17, 15) is 21.6 Å². The first-order valence-electron chi connectivity index (χ1n) is 9.25. The molecule has 0 atom stereocenters. The summed E-state index contributed by atoms with van der Waals surface area (Å²) in [5.41, 5.74) is 1.28. The molecule has 2 aromatic carbocycles. The lowest BCUT2D eigenvalue weighted by molar-refractivity contribution is -0.275. The van der Waals surface area contributed by atoms with E-state index in [-0.39, 0.29) is 17.4 Å². The van der Waals surface area contributed by atoms with Crippen LogP contribution in [0.3, 0.4) is 0 Å². The molecule has 170 valence electrons. The number of ether oxygens (including phenoxy) is 1. The molecule has 3 rings (SSSR count). The number of sulfone groups is 1. The predicted octanol–water partition coefficient (Wildman–Crippen LogP) is 3.85. The molecule has 0 amide bonds. The Kier molecular flexibility index (Phi) is 7.14. The van der Waals surface area contributed by atoms with Crippen molar-refractivity contribution in [2.45, 2.75) is 22.7 Å². The van der Waals surface area contributed by atoms with Crippen molar-refractivity contribution in [3.8, 4) is 11.9 Å². The summed E-state index contributed by atoms with van der Waals surface area (Å²) in [6.45, 7) is 0.187. The van der Waals surface area contributed by atoms with Gasteiger partial charge in [0, 0.05) is 24.6 Å². The van der Waals surface area contributed by atoms with Gasteiger partial charge in [-0.05, 0) is 42.0 Å². The predicted molar refractivity (Wildman–Crippen MR) is 113 cm³/mol. The smallest absolute Gasteiger partial charge is 0.404 e. The minimum absolute atomic E-state index is 0.165. The molecule has 1 heterocycles. The Morgan fingerprint density at radius 3 is 2.36 bits per heavy atom. The van der Waals surface area contributed by atoms with Crippen LogP contribution in [-0.4, -0.2) is 25.7 Å². The van der Waals surface area contributed by atoms with Crippen LogP contribution in [0, 0.1) is 11.5 Å². The zero-order valence-corrected chi connectivity index (χ0v) is 17.6. The van der Waals surface area contributed by atoms with Gasteiger partial charge in [-0.25, -0.2) is 8.42 Å². The minimum Gasteiger partial charge on any atom is -0.404 e. The standard InChI is InChI=1S/C21H16F3N5O3S/c22-21(23,24)32-18-3-1-2-4-19(18)33(30,31)17-7-5-15(6-8-17)13-27-20(28-14-25)29-16-9-11-26-12-10-16/h1-12H,13H2,(H2,26,27,28,29). The molecule has 0 fully saturated rings. The van der Waals surface area contributed by atoms with E-state index >= 15 is 0 Å². The second kappa shape index (κ2) is 10.0. The highest BCUT2D eigenvalue weighted by Gasteiger charge is 2.34. The van der Waals surface area contributed by atoms with Crippen LogP contribution in [-0.2, 0) is 16.4 Å². The number of benzene rings is 2. The van der Waals surface area contributed by atoms with E-state index in [1.165, 1.54) is 36.4 Å². The van der Waals surface area contributed by atoms with Crippen LogP contribution >= 0.6 is 0 Å². The van der Waals surface area contributed by atoms with Gasteiger partial charge >= 0.3 is 6.36 Å². The lowest BCUT2D eigenvalue weighted by Crippen LogP contribution is -2.30. The number of pyridine rings is 1. The molecule has 33 heavy (non-hydrogen) atoms. The third-order valence-corrected chi connectivity index (χ3v) is 5.97. The largest absolute Gasteiger partial charge is 0.573 e. The molecule has 0 aliphatic heterocycles. The SMILES string of the molecule is N#CN=C(NCc1ccc(S(=O)(=O)c2ccccc2OC(F)(F)F)cc1)Nc1ccncc1. The highest BCUT2D eigenvalue weighted by Crippen LogP contribution is 2.33. The fraction of sp³-hybridized carbons (Fsp3) is 0.0952. The van der Waals surface area contributed by atoms with Crippen molar-refractivity contribution in [1.29, 1.82) is 5.26 Å². The molecular formula is C21H16F3N5O3S. The van der Waals surface area contributed by atoms with Crippen molar-refractivity contribution in [2.75, 3.05) is 5.32 Å². The Hall–Kier alpha value is -4.11. The Morgan fingerprint density at radius 1 is 1.06 bits per heavy atom. The summed E-state index contributed by atoms with van der Waals surface area (Å²) in [6.07, 6.45) is -0.247. The average Bonchev–Trinajstić information content (AvgIpc) is 2.78. The summed E-state index contributed by atoms with van der Waals surface area (Å²) in [7, 11) is -4.27. The summed E-state index contributed by atoms with van der Waals surface area (Å²) in [6, 6.07) is 13.4. The summed E-state index contributed by atoms with van der Waals surface area (Å²) >= 11 is 0. The van der Waals surface area contributed by atoms with Crippen molar-refractivity contribution in [2.24, 2.45) is 4.99 Å². The molecule has 3 aromatic rings. The molecule has 0 bridgehead atoms. The van der Waals surface area contributed by atoms with Gasteiger partial charge in [0.15, 0.2) is 0 Å². The third-order valence-electron chi connectivity index (χ3n) is 4.16. The van der Waals surface area contributed by atoms with Gasteiger partial charge in [-0.1, -0.05) is 24.3 Å². The number of alkyl halides is 3. The minimum atomic E-state index is -5.03. The van der Waals surface area contributed by atoms with Crippen LogP contribution in [0.15, 0.2) is 87.8 Å². The molecule has 0 radical (unpaired) electrons. The second-order valence-electron chi connectivity index (χ2n) is 6.42. The molecule has 0 aliphatic rings. The fourth-order valence-electron chi connectivity index (χ4n) is 2.71. The number of halogens is 3. The van der Waals surface area contributed by atoms with E-state index in [1.807, 2.05) is 0 Å². The number of aromatic nitrogens is 1. The van der Waals surface area contributed by atoms with E-state index in [0.29, 0.717) is 11.3 Å². The van der Waals surface area contributed by atoms with Crippen molar-refractivity contribution in [1.82, 2.24) is 10.3 Å². The number of nitriles is 1. The monoisotopic (exact) mass is 475 g/mol. The lowest BCUT2D eigenvalue weighted by atomic mass is 10.2. The fourth-order valence-corrected chi connectivity index (χ4v) is 4.09. The van der Waals surface area contributed by atoms with Gasteiger partial charge in [-0.2, -0.15) is 5.26 Å². The second-order valence-corrected chi connectivity index (χ2v) is 8.33. The summed E-state index contributed by atoms with van der Waals surface area (Å²) < 4.78 is 67.5. The highest BCUT2D eigenvalue weighted by molar-refractivity contribution is 7.91. The lowest BCUT2D eigenvalue weighted by Gasteiger charge is -2.14. The van der Waals surface area contributed by atoms with E-state index < -0.39 is 26.8 Å². The Labute approximate surface area is 187 Å². The Bertz CT molecular complexity index is 1270. The van der Waals surface area contributed by atoms with Gasteiger partial charge in [-0.15, -0.1) is 18.2 Å². The molecule has 0 saturated heterocycles. The Balaban J connectivity index is 1.75. The number of guanidine groups is 1. The van der Waals surface area contributed by atoms with Crippen molar-refractivity contribution in [3.05, 3.63) is 78.6 Å². The van der Waals surface area contributed by atoms with Gasteiger partial charge in [-0.3, -0.25) is 4.98 Å². The molecular weight excluding hydrogens is 459 g/mol. The third kappa shape index (κ3) is 6.44. The number of anilines is 1. The quantitative estimate of drug-likeness (QED) is 0.316. The van der Waals surface area contributed by atoms with Crippen molar-refractivity contribution >= 4 is 21.5 Å². The molecule has 0 aliphatic carbocycles. The number of aliphatic imine (C=N–C) groups is 1. The molecule has 2 N–H and O–H groups in total. The number of hydrogen-bond donors (Lipinski definition) is 2. The topological polar surface area (TPSA) is 116 Å². The maximum atomic E-state index is 12.9. The number of hydrogen-bond acceptors (Lipinski definition) is 6. The molecule has 1 aromatic heterocycles. The maximum absolute atomic E-state index is 12.9. The Morgan fingerprint density at radius 2 is 1.73 bits per heavy atom. The summed E-state index contributed by atoms with van der Waals surface area (Å²) in [4.78, 5) is 6.73. The number of rotatable bonds is 6. The van der Waals surface area contributed by atoms with Crippen molar-refractivity contribution in [3.63, 3.8) is 0 Å². The van der Waals surface area contributed by atoms with Gasteiger partial charge in [0.05, 0.1) is 4.90 Å².